The Kier molecular flexibility index (Phi) is 8.42. The molecule has 0 bridgehead atoms. The Morgan fingerprint density at radius 2 is 1.84 bits per heavy atom. The average molecular weight is 347 g/mol. The zero-order valence-electron chi connectivity index (χ0n) is 15.0. The summed E-state index contributed by atoms with van der Waals surface area (Å²) < 4.78 is 4.95. The summed E-state index contributed by atoms with van der Waals surface area (Å²) in [6.07, 6.45) is 6.65. The minimum Gasteiger partial charge on any atom is -0.385 e. The Labute approximate surface area is 149 Å². The van der Waals surface area contributed by atoms with Crippen molar-refractivity contribution in [3.05, 3.63) is 29.8 Å². The van der Waals surface area contributed by atoms with E-state index in [2.05, 4.69) is 16.0 Å². The number of carbonyl (C=O) groups is 2. The number of hydrogen-bond acceptors (Lipinski definition) is 4. The first kappa shape index (κ1) is 19.4. The highest BCUT2D eigenvalue weighted by Crippen LogP contribution is 2.18. The van der Waals surface area contributed by atoms with Gasteiger partial charge in [0.2, 0.25) is 5.91 Å². The molecule has 0 saturated heterocycles. The fourth-order valence-corrected chi connectivity index (χ4v) is 2.97. The molecule has 0 unspecified atom stereocenters. The van der Waals surface area contributed by atoms with Crippen LogP contribution in [-0.4, -0.2) is 44.7 Å². The number of methoxy groups -OCH3 is 1. The Morgan fingerprint density at radius 3 is 2.52 bits per heavy atom. The van der Waals surface area contributed by atoms with Gasteiger partial charge in [0.05, 0.1) is 6.54 Å². The van der Waals surface area contributed by atoms with Crippen LogP contribution in [0.2, 0.25) is 0 Å². The van der Waals surface area contributed by atoms with Crippen LogP contribution in [0.1, 0.15) is 48.9 Å². The minimum absolute atomic E-state index is 0.0374. The summed E-state index contributed by atoms with van der Waals surface area (Å²) in [6, 6.07) is 7.32. The molecule has 1 aromatic carbocycles. The summed E-state index contributed by atoms with van der Waals surface area (Å²) in [5.74, 6) is -0.138. The van der Waals surface area contributed by atoms with Crippen molar-refractivity contribution in [3.63, 3.8) is 0 Å². The fraction of sp³-hybridized carbons (Fsp3) is 0.579. The number of ether oxygens (including phenoxy) is 1. The average Bonchev–Trinajstić information content (AvgIpc) is 2.63. The van der Waals surface area contributed by atoms with E-state index < -0.39 is 0 Å². The van der Waals surface area contributed by atoms with Crippen molar-refractivity contribution in [2.45, 2.75) is 44.6 Å². The van der Waals surface area contributed by atoms with E-state index in [9.17, 15) is 9.59 Å². The third-order valence-corrected chi connectivity index (χ3v) is 4.36. The van der Waals surface area contributed by atoms with Crippen LogP contribution in [0.5, 0.6) is 0 Å². The molecule has 138 valence electrons. The molecule has 0 spiro atoms. The lowest BCUT2D eigenvalue weighted by Gasteiger charge is -2.22. The van der Waals surface area contributed by atoms with E-state index in [0.29, 0.717) is 23.9 Å². The van der Waals surface area contributed by atoms with Crippen molar-refractivity contribution in [3.8, 4) is 0 Å². The highest BCUT2D eigenvalue weighted by Gasteiger charge is 2.16. The standard InChI is InChI=1S/C19H29N3O3/c1-25-13-5-12-20-14-18(23)21-17-10-8-15(9-11-17)19(24)22-16-6-3-2-4-7-16/h8-11,16,20H,2-7,12-14H2,1H3,(H,21,23)(H,22,24). The van der Waals surface area contributed by atoms with E-state index in [-0.39, 0.29) is 18.4 Å². The van der Waals surface area contributed by atoms with Crippen LogP contribution in [0.25, 0.3) is 0 Å². The van der Waals surface area contributed by atoms with Crippen LogP contribution in [0, 0.1) is 0 Å². The molecule has 6 heteroatoms. The predicted molar refractivity (Wildman–Crippen MR) is 98.8 cm³/mol. The van der Waals surface area contributed by atoms with Gasteiger partial charge in [0, 0.05) is 31.0 Å². The zero-order valence-corrected chi connectivity index (χ0v) is 15.0. The number of rotatable bonds is 9. The number of carbonyl (C=O) groups excluding carboxylic acids is 2. The zero-order chi connectivity index (χ0) is 17.9. The van der Waals surface area contributed by atoms with Crippen molar-refractivity contribution in [2.75, 3.05) is 32.1 Å². The maximum atomic E-state index is 12.3. The normalized spacial score (nSPS) is 14.9. The van der Waals surface area contributed by atoms with Gasteiger partial charge < -0.3 is 20.7 Å². The van der Waals surface area contributed by atoms with E-state index in [0.717, 1.165) is 25.8 Å². The first-order valence-electron chi connectivity index (χ1n) is 9.09. The molecule has 1 aliphatic rings. The van der Waals surface area contributed by atoms with Crippen LogP contribution in [0.3, 0.4) is 0 Å². The second-order valence-electron chi connectivity index (χ2n) is 6.46. The second-order valence-corrected chi connectivity index (χ2v) is 6.46. The lowest BCUT2D eigenvalue weighted by atomic mass is 9.95. The van der Waals surface area contributed by atoms with Gasteiger partial charge in [0.25, 0.3) is 5.91 Å². The topological polar surface area (TPSA) is 79.5 Å². The van der Waals surface area contributed by atoms with E-state index >= 15 is 0 Å². The van der Waals surface area contributed by atoms with Crippen molar-refractivity contribution >= 4 is 17.5 Å². The number of hydrogen-bond donors (Lipinski definition) is 3. The third-order valence-electron chi connectivity index (χ3n) is 4.36. The molecular formula is C19H29N3O3. The smallest absolute Gasteiger partial charge is 0.251 e. The molecule has 6 nitrogen and oxygen atoms in total. The molecule has 0 atom stereocenters. The number of nitrogens with one attached hydrogen (secondary N) is 3. The maximum absolute atomic E-state index is 12.3. The van der Waals surface area contributed by atoms with Gasteiger partial charge in [-0.2, -0.15) is 0 Å². The van der Waals surface area contributed by atoms with E-state index in [1.54, 1.807) is 31.4 Å². The Morgan fingerprint density at radius 1 is 1.12 bits per heavy atom. The van der Waals surface area contributed by atoms with E-state index in [1.165, 1.54) is 19.3 Å². The third kappa shape index (κ3) is 7.23. The molecule has 1 saturated carbocycles. The summed E-state index contributed by atoms with van der Waals surface area (Å²) in [6.45, 7) is 1.67. The van der Waals surface area contributed by atoms with Gasteiger partial charge in [0.1, 0.15) is 0 Å². The summed E-state index contributed by atoms with van der Waals surface area (Å²) in [4.78, 5) is 24.1. The van der Waals surface area contributed by atoms with Crippen LogP contribution in [0.15, 0.2) is 24.3 Å². The largest absolute Gasteiger partial charge is 0.385 e. The Bertz CT molecular complexity index is 539. The monoisotopic (exact) mass is 347 g/mol. The highest BCUT2D eigenvalue weighted by molar-refractivity contribution is 5.96. The number of amides is 2. The van der Waals surface area contributed by atoms with Crippen LogP contribution in [-0.2, 0) is 9.53 Å². The maximum Gasteiger partial charge on any atom is 0.251 e. The molecule has 25 heavy (non-hydrogen) atoms. The highest BCUT2D eigenvalue weighted by atomic mass is 16.5. The Hall–Kier alpha value is -1.92. The lowest BCUT2D eigenvalue weighted by Crippen LogP contribution is -2.36. The van der Waals surface area contributed by atoms with Crippen LogP contribution >= 0.6 is 0 Å². The Balaban J connectivity index is 1.73. The number of benzene rings is 1. The molecule has 1 aromatic rings. The fourth-order valence-electron chi connectivity index (χ4n) is 2.97. The molecule has 2 amide bonds. The van der Waals surface area contributed by atoms with Crippen molar-refractivity contribution in [1.82, 2.24) is 10.6 Å². The molecule has 0 heterocycles. The molecule has 1 fully saturated rings. The predicted octanol–water partition coefficient (Wildman–Crippen LogP) is 2.31. The molecule has 0 aromatic heterocycles. The van der Waals surface area contributed by atoms with Gasteiger partial charge in [0.15, 0.2) is 0 Å². The molecule has 1 aliphatic carbocycles. The summed E-state index contributed by atoms with van der Waals surface area (Å²) >= 11 is 0. The lowest BCUT2D eigenvalue weighted by molar-refractivity contribution is -0.115. The second kappa shape index (κ2) is 10.8. The molecular weight excluding hydrogens is 318 g/mol. The molecule has 0 aliphatic heterocycles. The van der Waals surface area contributed by atoms with Crippen molar-refractivity contribution in [1.29, 1.82) is 0 Å². The van der Waals surface area contributed by atoms with E-state index in [4.69, 9.17) is 4.74 Å². The van der Waals surface area contributed by atoms with Crippen molar-refractivity contribution < 1.29 is 14.3 Å². The van der Waals surface area contributed by atoms with Gasteiger partial charge in [-0.15, -0.1) is 0 Å². The first-order valence-corrected chi connectivity index (χ1v) is 9.09. The van der Waals surface area contributed by atoms with Gasteiger partial charge in [-0.3, -0.25) is 9.59 Å². The quantitative estimate of drug-likeness (QED) is 0.599. The first-order chi connectivity index (χ1) is 12.2. The van der Waals surface area contributed by atoms with Crippen LogP contribution in [0.4, 0.5) is 5.69 Å². The number of anilines is 1. The van der Waals surface area contributed by atoms with E-state index in [1.807, 2.05) is 0 Å². The van der Waals surface area contributed by atoms with Crippen molar-refractivity contribution in [2.24, 2.45) is 0 Å². The summed E-state index contributed by atoms with van der Waals surface area (Å²) in [5.41, 5.74) is 1.32. The van der Waals surface area contributed by atoms with Gasteiger partial charge in [-0.1, -0.05) is 19.3 Å². The summed E-state index contributed by atoms with van der Waals surface area (Å²) in [5, 5.41) is 8.97. The van der Waals surface area contributed by atoms with Crippen LogP contribution < -0.4 is 16.0 Å². The molecule has 0 radical (unpaired) electrons. The van der Waals surface area contributed by atoms with Gasteiger partial charge >= 0.3 is 0 Å². The van der Waals surface area contributed by atoms with Gasteiger partial charge in [-0.05, 0) is 50.1 Å². The molecule has 3 N–H and O–H groups in total. The molecule has 2 rings (SSSR count). The minimum atomic E-state index is -0.100. The summed E-state index contributed by atoms with van der Waals surface area (Å²) in [7, 11) is 1.66. The SMILES string of the molecule is COCCCNCC(=O)Nc1ccc(C(=O)NC2CCCCC2)cc1. The van der Waals surface area contributed by atoms with Gasteiger partial charge in [-0.25, -0.2) is 0 Å².